The van der Waals surface area contributed by atoms with Crippen LogP contribution in [0.1, 0.15) is 16.6 Å². The second kappa shape index (κ2) is 6.92. The topological polar surface area (TPSA) is 46.2 Å². The van der Waals surface area contributed by atoms with Crippen LogP contribution in [0.25, 0.3) is 0 Å². The average molecular weight is 326 g/mol. The molecule has 0 saturated heterocycles. The third-order valence-electron chi connectivity index (χ3n) is 2.39. The molecule has 6 heteroatoms. The van der Waals surface area contributed by atoms with Crippen LogP contribution in [0.15, 0.2) is 41.3 Å². The van der Waals surface area contributed by atoms with E-state index in [9.17, 15) is 9.59 Å². The fourth-order valence-corrected chi connectivity index (χ4v) is 3.38. The summed E-state index contributed by atoms with van der Waals surface area (Å²) < 4.78 is 0.623. The summed E-state index contributed by atoms with van der Waals surface area (Å²) in [4.78, 5) is 24.5. The van der Waals surface area contributed by atoms with Crippen LogP contribution >= 0.6 is 34.7 Å². The molecule has 20 heavy (non-hydrogen) atoms. The smallest absolute Gasteiger partial charge is 0.221 e. The Bertz CT molecular complexity index is 622. The summed E-state index contributed by atoms with van der Waals surface area (Å²) in [5.74, 6) is 0.337. The lowest BCUT2D eigenvalue weighted by molar-refractivity contribution is -0.114. The van der Waals surface area contributed by atoms with E-state index in [1.165, 1.54) is 30.0 Å². The van der Waals surface area contributed by atoms with Gasteiger partial charge < -0.3 is 5.32 Å². The van der Waals surface area contributed by atoms with Crippen molar-refractivity contribution in [2.45, 2.75) is 11.8 Å². The van der Waals surface area contributed by atoms with Gasteiger partial charge in [-0.3, -0.25) is 9.59 Å². The fraction of sp³-hybridized carbons (Fsp3) is 0.143. The highest BCUT2D eigenvalue weighted by molar-refractivity contribution is 8.00. The number of thiophene rings is 1. The molecule has 1 amide bonds. The average Bonchev–Trinajstić information content (AvgIpc) is 2.84. The summed E-state index contributed by atoms with van der Waals surface area (Å²) in [6.45, 7) is 1.47. The highest BCUT2D eigenvalue weighted by atomic mass is 35.5. The van der Waals surface area contributed by atoms with Gasteiger partial charge in [-0.15, -0.1) is 23.1 Å². The molecule has 0 bridgehead atoms. The molecule has 1 N–H and O–H groups in total. The van der Waals surface area contributed by atoms with Crippen molar-refractivity contribution < 1.29 is 9.59 Å². The van der Waals surface area contributed by atoms with Crippen molar-refractivity contribution in [2.75, 3.05) is 11.1 Å². The Morgan fingerprint density at radius 3 is 2.45 bits per heavy atom. The highest BCUT2D eigenvalue weighted by Crippen LogP contribution is 2.25. The van der Waals surface area contributed by atoms with E-state index in [1.54, 1.807) is 12.1 Å². The molecule has 0 unspecified atom stereocenters. The molecule has 0 fully saturated rings. The first-order chi connectivity index (χ1) is 9.54. The molecular formula is C14H12ClNO2S2. The van der Waals surface area contributed by atoms with Crippen LogP contribution < -0.4 is 5.32 Å². The van der Waals surface area contributed by atoms with Gasteiger partial charge in [-0.2, -0.15) is 0 Å². The molecule has 2 rings (SSSR count). The number of halogens is 1. The number of ketones is 1. The maximum absolute atomic E-state index is 11.9. The summed E-state index contributed by atoms with van der Waals surface area (Å²) in [5.41, 5.74) is 0.748. The Morgan fingerprint density at radius 1 is 1.20 bits per heavy atom. The van der Waals surface area contributed by atoms with Crippen molar-refractivity contribution >= 4 is 52.1 Å². The Labute approximate surface area is 130 Å². The number of hydrogen-bond donors (Lipinski definition) is 1. The first-order valence-corrected chi connectivity index (χ1v) is 8.01. The molecule has 0 aliphatic rings. The molecule has 1 heterocycles. The predicted molar refractivity (Wildman–Crippen MR) is 85.1 cm³/mol. The second-order valence-corrected chi connectivity index (χ2v) is 6.79. The van der Waals surface area contributed by atoms with Crippen LogP contribution in [-0.2, 0) is 4.79 Å². The summed E-state index contributed by atoms with van der Waals surface area (Å²) >= 11 is 8.56. The van der Waals surface area contributed by atoms with E-state index in [1.807, 2.05) is 24.3 Å². The molecular weight excluding hydrogens is 314 g/mol. The fourth-order valence-electron chi connectivity index (χ4n) is 1.52. The maximum Gasteiger partial charge on any atom is 0.221 e. The Balaban J connectivity index is 1.90. The van der Waals surface area contributed by atoms with Crippen LogP contribution in [0.5, 0.6) is 0 Å². The number of anilines is 1. The molecule has 1 aromatic heterocycles. The van der Waals surface area contributed by atoms with E-state index in [-0.39, 0.29) is 11.7 Å². The van der Waals surface area contributed by atoms with Gasteiger partial charge >= 0.3 is 0 Å². The van der Waals surface area contributed by atoms with Crippen LogP contribution in [0.3, 0.4) is 0 Å². The SMILES string of the molecule is CC(=O)Nc1ccc(SCC(=O)c2ccc(Cl)s2)cc1. The third-order valence-corrected chi connectivity index (χ3v) is 4.68. The number of carbonyl (C=O) groups excluding carboxylic acids is 2. The zero-order valence-electron chi connectivity index (χ0n) is 10.7. The first kappa shape index (κ1) is 15.1. The van der Waals surface area contributed by atoms with Gasteiger partial charge in [0.25, 0.3) is 0 Å². The highest BCUT2D eigenvalue weighted by Gasteiger charge is 2.09. The van der Waals surface area contributed by atoms with Crippen molar-refractivity contribution in [3.63, 3.8) is 0 Å². The van der Waals surface area contributed by atoms with Gasteiger partial charge in [-0.25, -0.2) is 0 Å². The number of rotatable bonds is 5. The zero-order valence-corrected chi connectivity index (χ0v) is 13.1. The largest absolute Gasteiger partial charge is 0.326 e. The molecule has 0 aliphatic carbocycles. The quantitative estimate of drug-likeness (QED) is 0.657. The minimum atomic E-state index is -0.102. The summed E-state index contributed by atoms with van der Waals surface area (Å²) in [6, 6.07) is 10.9. The van der Waals surface area contributed by atoms with Gasteiger partial charge in [-0.05, 0) is 36.4 Å². The molecule has 2 aromatic rings. The minimum Gasteiger partial charge on any atom is -0.326 e. The lowest BCUT2D eigenvalue weighted by Crippen LogP contribution is -2.05. The van der Waals surface area contributed by atoms with Gasteiger partial charge in [0.2, 0.25) is 5.91 Å². The molecule has 0 radical (unpaired) electrons. The van der Waals surface area contributed by atoms with Crippen LogP contribution in [0, 0.1) is 0 Å². The van der Waals surface area contributed by atoms with Gasteiger partial charge in [0.05, 0.1) is 15.0 Å². The van der Waals surface area contributed by atoms with Gasteiger partial charge in [0.15, 0.2) is 5.78 Å². The van der Waals surface area contributed by atoms with E-state index < -0.39 is 0 Å². The normalized spacial score (nSPS) is 10.3. The van der Waals surface area contributed by atoms with E-state index in [2.05, 4.69) is 5.32 Å². The van der Waals surface area contributed by atoms with Crippen molar-refractivity contribution in [1.29, 1.82) is 0 Å². The first-order valence-electron chi connectivity index (χ1n) is 5.83. The molecule has 0 spiro atoms. The van der Waals surface area contributed by atoms with Gasteiger partial charge in [0.1, 0.15) is 0 Å². The number of amides is 1. The maximum atomic E-state index is 11.9. The number of thioether (sulfide) groups is 1. The molecule has 0 atom stereocenters. The number of hydrogen-bond acceptors (Lipinski definition) is 4. The number of Topliss-reactive ketones (excluding diaryl/α,β-unsaturated/α-hetero) is 1. The van der Waals surface area contributed by atoms with Crippen molar-refractivity contribution in [2.24, 2.45) is 0 Å². The Morgan fingerprint density at radius 2 is 1.90 bits per heavy atom. The van der Waals surface area contributed by atoms with Crippen molar-refractivity contribution in [1.82, 2.24) is 0 Å². The zero-order chi connectivity index (χ0) is 14.5. The standard InChI is InChI=1S/C14H12ClNO2S2/c1-9(17)16-10-2-4-11(5-3-10)19-8-12(18)13-6-7-14(15)20-13/h2-7H,8H2,1H3,(H,16,17). The molecule has 0 aliphatic heterocycles. The van der Waals surface area contributed by atoms with E-state index in [0.717, 1.165) is 10.6 Å². The minimum absolute atomic E-state index is 0.0674. The Hall–Kier alpha value is -1.30. The van der Waals surface area contributed by atoms with Crippen molar-refractivity contribution in [3.8, 4) is 0 Å². The monoisotopic (exact) mass is 325 g/mol. The summed E-state index contributed by atoms with van der Waals surface area (Å²) in [6.07, 6.45) is 0. The van der Waals surface area contributed by atoms with E-state index >= 15 is 0 Å². The third kappa shape index (κ3) is 4.37. The number of benzene rings is 1. The summed E-state index contributed by atoms with van der Waals surface area (Å²) in [7, 11) is 0. The molecule has 1 aromatic carbocycles. The molecule has 104 valence electrons. The molecule has 0 saturated carbocycles. The number of nitrogens with one attached hydrogen (secondary N) is 1. The summed E-state index contributed by atoms with van der Waals surface area (Å²) in [5, 5.41) is 2.70. The van der Waals surface area contributed by atoms with E-state index in [0.29, 0.717) is 15.0 Å². The van der Waals surface area contributed by atoms with Crippen LogP contribution in [0.2, 0.25) is 4.34 Å². The van der Waals surface area contributed by atoms with E-state index in [4.69, 9.17) is 11.6 Å². The van der Waals surface area contributed by atoms with Crippen LogP contribution in [-0.4, -0.2) is 17.4 Å². The van der Waals surface area contributed by atoms with Crippen LogP contribution in [0.4, 0.5) is 5.69 Å². The molecule has 3 nitrogen and oxygen atoms in total. The lowest BCUT2D eigenvalue weighted by Gasteiger charge is -2.04. The Kier molecular flexibility index (Phi) is 5.23. The predicted octanol–water partition coefficient (Wildman–Crippen LogP) is 4.33. The second-order valence-electron chi connectivity index (χ2n) is 4.02. The lowest BCUT2D eigenvalue weighted by atomic mass is 10.3. The number of carbonyl (C=O) groups is 2. The van der Waals surface area contributed by atoms with Crippen molar-refractivity contribution in [3.05, 3.63) is 45.6 Å². The van der Waals surface area contributed by atoms with Gasteiger partial charge in [-0.1, -0.05) is 11.6 Å². The van der Waals surface area contributed by atoms with Gasteiger partial charge in [0, 0.05) is 17.5 Å².